The predicted molar refractivity (Wildman–Crippen MR) is 95.0 cm³/mol. The number of hydrogen-bond donors (Lipinski definition) is 2. The maximum atomic E-state index is 13.6. The van der Waals surface area contributed by atoms with E-state index in [0.29, 0.717) is 17.9 Å². The lowest BCUT2D eigenvalue weighted by atomic mass is 9.86. The molecule has 0 radical (unpaired) electrons. The lowest BCUT2D eigenvalue weighted by Crippen LogP contribution is -2.52. The summed E-state index contributed by atoms with van der Waals surface area (Å²) in [4.78, 5) is 12.5. The molecule has 1 fully saturated rings. The number of piperidine rings is 1. The molecule has 3 unspecified atom stereocenters. The molecule has 4 nitrogen and oxygen atoms in total. The lowest BCUT2D eigenvalue weighted by molar-refractivity contribution is -0.128. The number of nitrogens with one attached hydrogen (secondary N) is 2. The number of benzene rings is 2. The fourth-order valence-corrected chi connectivity index (χ4v) is 3.21. The molecule has 3 atom stereocenters. The summed E-state index contributed by atoms with van der Waals surface area (Å²) >= 11 is 0. The zero-order valence-corrected chi connectivity index (χ0v) is 14.5. The summed E-state index contributed by atoms with van der Waals surface area (Å²) < 4.78 is 32.5. The van der Waals surface area contributed by atoms with Gasteiger partial charge in [-0.05, 0) is 49.7 Å². The van der Waals surface area contributed by atoms with Crippen LogP contribution < -0.4 is 15.4 Å². The Bertz CT molecular complexity index is 755. The van der Waals surface area contributed by atoms with E-state index >= 15 is 0 Å². The number of carbonyl (C=O) groups is 1. The number of para-hydroxylation sites is 1. The van der Waals surface area contributed by atoms with E-state index in [1.165, 1.54) is 6.07 Å². The topological polar surface area (TPSA) is 50.4 Å². The van der Waals surface area contributed by atoms with Crippen LogP contribution in [0.3, 0.4) is 0 Å². The van der Waals surface area contributed by atoms with E-state index in [-0.39, 0.29) is 17.9 Å². The molecular weight excluding hydrogens is 338 g/mol. The third-order valence-electron chi connectivity index (χ3n) is 4.61. The van der Waals surface area contributed by atoms with Gasteiger partial charge in [0.15, 0.2) is 17.7 Å². The number of amides is 1. The van der Waals surface area contributed by atoms with Gasteiger partial charge in [0.2, 0.25) is 0 Å². The summed E-state index contributed by atoms with van der Waals surface area (Å²) in [6.07, 6.45) is 0.0640. The van der Waals surface area contributed by atoms with Crippen LogP contribution in [0, 0.1) is 11.6 Å². The van der Waals surface area contributed by atoms with E-state index in [4.69, 9.17) is 4.74 Å². The van der Waals surface area contributed by atoms with Crippen molar-refractivity contribution in [3.8, 4) is 5.75 Å². The van der Waals surface area contributed by atoms with Crippen LogP contribution in [0.1, 0.15) is 24.8 Å². The van der Waals surface area contributed by atoms with Crippen molar-refractivity contribution in [2.75, 3.05) is 13.1 Å². The molecular formula is C20H22F2N2O2. The van der Waals surface area contributed by atoms with Gasteiger partial charge in [-0.2, -0.15) is 0 Å². The Labute approximate surface area is 151 Å². The molecule has 3 rings (SSSR count). The average molecular weight is 360 g/mol. The highest BCUT2D eigenvalue weighted by Crippen LogP contribution is 2.27. The minimum Gasteiger partial charge on any atom is -0.481 e. The van der Waals surface area contributed by atoms with Gasteiger partial charge in [0, 0.05) is 18.5 Å². The number of halogens is 2. The molecule has 2 aromatic rings. The summed E-state index contributed by atoms with van der Waals surface area (Å²) in [6.45, 7) is 3.00. The normalized spacial score (nSPS) is 21.0. The Morgan fingerprint density at radius 1 is 1.19 bits per heavy atom. The summed E-state index contributed by atoms with van der Waals surface area (Å²) in [7, 11) is 0. The van der Waals surface area contributed by atoms with Gasteiger partial charge in [0.25, 0.3) is 5.91 Å². The third kappa shape index (κ3) is 4.38. The van der Waals surface area contributed by atoms with E-state index in [1.54, 1.807) is 25.1 Å². The maximum absolute atomic E-state index is 13.6. The molecule has 1 amide bonds. The van der Waals surface area contributed by atoms with Crippen LogP contribution in [0.5, 0.6) is 5.75 Å². The fraction of sp³-hybridized carbons (Fsp3) is 0.350. The quantitative estimate of drug-likeness (QED) is 0.862. The summed E-state index contributed by atoms with van der Waals surface area (Å²) in [5.74, 6) is -1.44. The number of hydrogen-bond acceptors (Lipinski definition) is 3. The van der Waals surface area contributed by atoms with Crippen molar-refractivity contribution in [3.63, 3.8) is 0 Å². The Balaban J connectivity index is 1.67. The lowest BCUT2D eigenvalue weighted by Gasteiger charge is -2.34. The van der Waals surface area contributed by atoms with Crippen LogP contribution in [0.15, 0.2) is 48.5 Å². The fourth-order valence-electron chi connectivity index (χ4n) is 3.21. The van der Waals surface area contributed by atoms with Gasteiger partial charge in [-0.25, -0.2) is 8.78 Å². The van der Waals surface area contributed by atoms with Crippen LogP contribution in [0.2, 0.25) is 0 Å². The van der Waals surface area contributed by atoms with Gasteiger partial charge in [0.05, 0.1) is 0 Å². The molecule has 1 heterocycles. The second kappa shape index (κ2) is 8.27. The monoisotopic (exact) mass is 360 g/mol. The van der Waals surface area contributed by atoms with E-state index < -0.39 is 17.7 Å². The first-order chi connectivity index (χ1) is 12.5. The van der Waals surface area contributed by atoms with Crippen LogP contribution in [0.4, 0.5) is 8.78 Å². The van der Waals surface area contributed by atoms with Crippen LogP contribution >= 0.6 is 0 Å². The van der Waals surface area contributed by atoms with Crippen LogP contribution in [-0.4, -0.2) is 31.1 Å². The minimum absolute atomic E-state index is 0.0841. The van der Waals surface area contributed by atoms with Crippen molar-refractivity contribution >= 4 is 5.91 Å². The smallest absolute Gasteiger partial charge is 0.261 e. The Hall–Kier alpha value is -2.47. The zero-order valence-electron chi connectivity index (χ0n) is 14.5. The van der Waals surface area contributed by atoms with Gasteiger partial charge in [-0.3, -0.25) is 4.79 Å². The van der Waals surface area contributed by atoms with Crippen molar-refractivity contribution in [1.29, 1.82) is 0 Å². The van der Waals surface area contributed by atoms with Gasteiger partial charge < -0.3 is 15.4 Å². The van der Waals surface area contributed by atoms with Gasteiger partial charge in [-0.15, -0.1) is 0 Å². The molecule has 138 valence electrons. The summed E-state index contributed by atoms with van der Waals surface area (Å²) in [5, 5.41) is 6.21. The molecule has 1 saturated heterocycles. The summed E-state index contributed by atoms with van der Waals surface area (Å²) in [5.41, 5.74) is 0.687. The van der Waals surface area contributed by atoms with Crippen LogP contribution in [0.25, 0.3) is 0 Å². The molecule has 2 N–H and O–H groups in total. The van der Waals surface area contributed by atoms with E-state index in [1.807, 2.05) is 18.2 Å². The first-order valence-electron chi connectivity index (χ1n) is 8.72. The second-order valence-electron chi connectivity index (χ2n) is 6.46. The van der Waals surface area contributed by atoms with E-state index in [0.717, 1.165) is 19.0 Å². The minimum atomic E-state index is -0.869. The molecule has 26 heavy (non-hydrogen) atoms. The van der Waals surface area contributed by atoms with E-state index in [9.17, 15) is 13.6 Å². The molecule has 2 aromatic carbocycles. The largest absolute Gasteiger partial charge is 0.481 e. The third-order valence-corrected chi connectivity index (χ3v) is 4.61. The standard InChI is InChI=1S/C20H22F2N2O2/c1-13(26-15-5-3-2-4-6-15)20(25)24-19-12-23-10-9-16(19)14-7-8-17(21)18(22)11-14/h2-8,11,13,16,19,23H,9-10,12H2,1H3,(H,24,25). The van der Waals surface area contributed by atoms with Gasteiger partial charge in [0.1, 0.15) is 5.75 Å². The summed E-state index contributed by atoms with van der Waals surface area (Å²) in [6, 6.07) is 12.8. The Kier molecular flexibility index (Phi) is 5.83. The first kappa shape index (κ1) is 18.3. The molecule has 0 aromatic heterocycles. The van der Waals surface area contributed by atoms with Crippen LogP contribution in [-0.2, 0) is 4.79 Å². The predicted octanol–water partition coefficient (Wildman–Crippen LogP) is 2.99. The highest BCUT2D eigenvalue weighted by atomic mass is 19.2. The van der Waals surface area contributed by atoms with Gasteiger partial charge in [-0.1, -0.05) is 24.3 Å². The van der Waals surface area contributed by atoms with Crippen molar-refractivity contribution in [2.45, 2.75) is 31.4 Å². The zero-order chi connectivity index (χ0) is 18.5. The average Bonchev–Trinajstić information content (AvgIpc) is 2.65. The molecule has 1 aliphatic heterocycles. The molecule has 0 spiro atoms. The Morgan fingerprint density at radius 2 is 1.96 bits per heavy atom. The maximum Gasteiger partial charge on any atom is 0.261 e. The van der Waals surface area contributed by atoms with Crippen molar-refractivity contribution in [1.82, 2.24) is 10.6 Å². The SMILES string of the molecule is CC(Oc1ccccc1)C(=O)NC1CNCCC1c1ccc(F)c(F)c1. The number of carbonyl (C=O) groups excluding carboxylic acids is 1. The Morgan fingerprint density at radius 3 is 2.69 bits per heavy atom. The molecule has 0 bridgehead atoms. The van der Waals surface area contributed by atoms with Gasteiger partial charge >= 0.3 is 0 Å². The second-order valence-corrected chi connectivity index (χ2v) is 6.46. The first-order valence-corrected chi connectivity index (χ1v) is 8.72. The molecule has 1 aliphatic rings. The number of ether oxygens (including phenoxy) is 1. The van der Waals surface area contributed by atoms with Crippen molar-refractivity contribution < 1.29 is 18.3 Å². The molecule has 0 aliphatic carbocycles. The van der Waals surface area contributed by atoms with E-state index in [2.05, 4.69) is 10.6 Å². The molecule has 0 saturated carbocycles. The number of rotatable bonds is 5. The van der Waals surface area contributed by atoms with Crippen molar-refractivity contribution in [3.05, 3.63) is 65.7 Å². The highest BCUT2D eigenvalue weighted by molar-refractivity contribution is 5.81. The van der Waals surface area contributed by atoms with Crippen molar-refractivity contribution in [2.24, 2.45) is 0 Å². The molecule has 6 heteroatoms. The highest BCUT2D eigenvalue weighted by Gasteiger charge is 2.30.